The van der Waals surface area contributed by atoms with Crippen molar-refractivity contribution in [3.63, 3.8) is 0 Å². The van der Waals surface area contributed by atoms with Gasteiger partial charge in [-0.3, -0.25) is 4.79 Å². The van der Waals surface area contributed by atoms with Crippen molar-refractivity contribution in [2.24, 2.45) is 0 Å². The Kier molecular flexibility index (Phi) is 5.77. The molecule has 27 heavy (non-hydrogen) atoms. The van der Waals surface area contributed by atoms with Gasteiger partial charge in [-0.15, -0.1) is 0 Å². The van der Waals surface area contributed by atoms with Crippen LogP contribution in [0.1, 0.15) is 34.0 Å². The van der Waals surface area contributed by atoms with Gasteiger partial charge in [0.25, 0.3) is 5.91 Å². The first kappa shape index (κ1) is 18.5. The van der Waals surface area contributed by atoms with E-state index < -0.39 is 0 Å². The number of phenolic OH excluding ortho intramolecular Hbond substituents is 1. The number of hydrogen-bond acceptors (Lipinski definition) is 3. The van der Waals surface area contributed by atoms with Crippen molar-refractivity contribution >= 4 is 17.3 Å². The summed E-state index contributed by atoms with van der Waals surface area (Å²) >= 11 is 0. The lowest BCUT2D eigenvalue weighted by molar-refractivity contribution is 0.102. The van der Waals surface area contributed by atoms with Crippen molar-refractivity contribution in [3.8, 4) is 5.75 Å². The number of aromatic hydroxyl groups is 1. The lowest BCUT2D eigenvalue weighted by Gasteiger charge is -2.12. The number of phenols is 1. The topological polar surface area (TPSA) is 61.4 Å². The average molecular weight is 360 g/mol. The molecule has 0 bridgehead atoms. The molecule has 0 saturated heterocycles. The van der Waals surface area contributed by atoms with E-state index in [0.717, 1.165) is 23.2 Å². The molecule has 4 nitrogen and oxygen atoms in total. The molecular formula is C23H24N2O2. The minimum atomic E-state index is -0.245. The number of amides is 1. The Morgan fingerprint density at radius 2 is 1.78 bits per heavy atom. The molecular weight excluding hydrogens is 336 g/mol. The zero-order valence-electron chi connectivity index (χ0n) is 15.6. The van der Waals surface area contributed by atoms with Crippen LogP contribution in [0.5, 0.6) is 5.75 Å². The third-order valence-electron chi connectivity index (χ3n) is 4.47. The summed E-state index contributed by atoms with van der Waals surface area (Å²) in [5.74, 6) is -0.178. The van der Waals surface area contributed by atoms with Gasteiger partial charge in [-0.05, 0) is 60.4 Å². The Labute approximate surface area is 159 Å². The maximum atomic E-state index is 12.5. The van der Waals surface area contributed by atoms with Gasteiger partial charge < -0.3 is 15.7 Å². The second-order valence-corrected chi connectivity index (χ2v) is 6.54. The van der Waals surface area contributed by atoms with Crippen LogP contribution in [-0.4, -0.2) is 11.0 Å². The van der Waals surface area contributed by atoms with Gasteiger partial charge in [-0.1, -0.05) is 43.3 Å². The third-order valence-corrected chi connectivity index (χ3v) is 4.47. The van der Waals surface area contributed by atoms with Gasteiger partial charge >= 0.3 is 0 Å². The van der Waals surface area contributed by atoms with Crippen molar-refractivity contribution in [2.75, 3.05) is 10.6 Å². The van der Waals surface area contributed by atoms with E-state index in [1.165, 1.54) is 5.56 Å². The Balaban J connectivity index is 1.70. The van der Waals surface area contributed by atoms with Crippen molar-refractivity contribution in [1.29, 1.82) is 0 Å². The molecule has 3 rings (SSSR count). The van der Waals surface area contributed by atoms with Crippen LogP contribution in [0.25, 0.3) is 0 Å². The second kappa shape index (κ2) is 8.41. The molecule has 0 heterocycles. The fraction of sp³-hybridized carbons (Fsp3) is 0.174. The zero-order chi connectivity index (χ0) is 19.2. The number of carbonyl (C=O) groups excluding carboxylic acids is 1. The van der Waals surface area contributed by atoms with Crippen LogP contribution in [0, 0.1) is 6.92 Å². The highest BCUT2D eigenvalue weighted by Gasteiger charge is 2.10. The first-order valence-corrected chi connectivity index (χ1v) is 9.08. The quantitative estimate of drug-likeness (QED) is 0.534. The first-order chi connectivity index (χ1) is 13.1. The molecule has 0 unspecified atom stereocenters. The maximum Gasteiger partial charge on any atom is 0.255 e. The maximum absolute atomic E-state index is 12.5. The number of benzene rings is 3. The monoisotopic (exact) mass is 360 g/mol. The Bertz CT molecular complexity index is 951. The van der Waals surface area contributed by atoms with Crippen molar-refractivity contribution < 1.29 is 9.90 Å². The summed E-state index contributed by atoms with van der Waals surface area (Å²) in [4.78, 5) is 12.5. The number of anilines is 2. The van der Waals surface area contributed by atoms with Gasteiger partial charge in [0.1, 0.15) is 5.75 Å². The van der Waals surface area contributed by atoms with Gasteiger partial charge in [0.15, 0.2) is 0 Å². The van der Waals surface area contributed by atoms with Gasteiger partial charge in [-0.25, -0.2) is 0 Å². The van der Waals surface area contributed by atoms with Crippen LogP contribution in [-0.2, 0) is 13.0 Å². The van der Waals surface area contributed by atoms with Crippen LogP contribution < -0.4 is 10.6 Å². The van der Waals surface area contributed by atoms with E-state index in [4.69, 9.17) is 0 Å². The molecule has 0 radical (unpaired) electrons. The Morgan fingerprint density at radius 1 is 0.963 bits per heavy atom. The van der Waals surface area contributed by atoms with Gasteiger partial charge in [-0.2, -0.15) is 0 Å². The fourth-order valence-electron chi connectivity index (χ4n) is 2.96. The molecule has 0 atom stereocenters. The zero-order valence-corrected chi connectivity index (χ0v) is 15.6. The number of carbonyl (C=O) groups is 1. The molecule has 0 aliphatic heterocycles. The van der Waals surface area contributed by atoms with Gasteiger partial charge in [0, 0.05) is 17.8 Å². The summed E-state index contributed by atoms with van der Waals surface area (Å²) in [7, 11) is 0. The molecule has 138 valence electrons. The molecule has 0 aliphatic carbocycles. The van der Waals surface area contributed by atoms with E-state index in [-0.39, 0.29) is 11.7 Å². The van der Waals surface area contributed by atoms with E-state index in [0.29, 0.717) is 17.8 Å². The first-order valence-electron chi connectivity index (χ1n) is 9.08. The van der Waals surface area contributed by atoms with Gasteiger partial charge in [0.05, 0.1) is 5.69 Å². The highest BCUT2D eigenvalue weighted by molar-refractivity contribution is 6.05. The van der Waals surface area contributed by atoms with E-state index >= 15 is 0 Å². The molecule has 0 saturated carbocycles. The fourth-order valence-corrected chi connectivity index (χ4v) is 2.96. The van der Waals surface area contributed by atoms with Crippen LogP contribution in [0.4, 0.5) is 11.4 Å². The minimum Gasteiger partial charge on any atom is -0.506 e. The van der Waals surface area contributed by atoms with Crippen molar-refractivity contribution in [3.05, 3.63) is 89.0 Å². The van der Waals surface area contributed by atoms with E-state index in [1.807, 2.05) is 43.3 Å². The molecule has 0 spiro atoms. The molecule has 4 heteroatoms. The summed E-state index contributed by atoms with van der Waals surface area (Å²) in [6, 6.07) is 20.9. The number of para-hydroxylation sites is 1. The number of rotatable bonds is 6. The minimum absolute atomic E-state index is 0.0670. The number of aryl methyl sites for hydroxylation is 2. The molecule has 0 aliphatic rings. The van der Waals surface area contributed by atoms with Crippen LogP contribution in [0.15, 0.2) is 66.7 Å². The SMILES string of the molecule is CCc1ccccc1NCc1cccc(C(=O)Nc2ccc(C)cc2O)c1. The third kappa shape index (κ3) is 4.67. The van der Waals surface area contributed by atoms with Crippen LogP contribution in [0.2, 0.25) is 0 Å². The lowest BCUT2D eigenvalue weighted by Crippen LogP contribution is -2.12. The van der Waals surface area contributed by atoms with E-state index in [2.05, 4.69) is 29.7 Å². The molecule has 3 aromatic rings. The number of hydrogen-bond donors (Lipinski definition) is 3. The predicted molar refractivity (Wildman–Crippen MR) is 110 cm³/mol. The lowest BCUT2D eigenvalue weighted by atomic mass is 10.1. The van der Waals surface area contributed by atoms with Crippen LogP contribution >= 0.6 is 0 Å². The predicted octanol–water partition coefficient (Wildman–Crippen LogP) is 5.13. The number of nitrogens with one attached hydrogen (secondary N) is 2. The molecule has 3 aromatic carbocycles. The summed E-state index contributed by atoms with van der Waals surface area (Å²) < 4.78 is 0. The normalized spacial score (nSPS) is 10.4. The second-order valence-electron chi connectivity index (χ2n) is 6.54. The summed E-state index contributed by atoms with van der Waals surface area (Å²) in [6.45, 7) is 4.65. The van der Waals surface area contributed by atoms with Crippen molar-refractivity contribution in [1.82, 2.24) is 0 Å². The Hall–Kier alpha value is -3.27. The highest BCUT2D eigenvalue weighted by atomic mass is 16.3. The smallest absolute Gasteiger partial charge is 0.255 e. The van der Waals surface area contributed by atoms with E-state index in [9.17, 15) is 9.90 Å². The largest absolute Gasteiger partial charge is 0.506 e. The summed E-state index contributed by atoms with van der Waals surface area (Å²) in [6.07, 6.45) is 0.964. The molecule has 0 aromatic heterocycles. The Morgan fingerprint density at radius 3 is 2.56 bits per heavy atom. The van der Waals surface area contributed by atoms with E-state index in [1.54, 1.807) is 18.2 Å². The summed E-state index contributed by atoms with van der Waals surface area (Å²) in [5, 5.41) is 16.2. The van der Waals surface area contributed by atoms with Crippen LogP contribution in [0.3, 0.4) is 0 Å². The van der Waals surface area contributed by atoms with Gasteiger partial charge in [0.2, 0.25) is 0 Å². The summed E-state index contributed by atoms with van der Waals surface area (Å²) in [5.41, 5.74) is 5.29. The molecule has 0 fully saturated rings. The highest BCUT2D eigenvalue weighted by Crippen LogP contribution is 2.24. The average Bonchev–Trinajstić information content (AvgIpc) is 2.69. The standard InChI is InChI=1S/C23H24N2O2/c1-3-18-8-4-5-10-20(18)24-15-17-7-6-9-19(14-17)23(27)25-21-12-11-16(2)13-22(21)26/h4-14,24,26H,3,15H2,1-2H3,(H,25,27). The molecule has 1 amide bonds. The van der Waals surface area contributed by atoms with Crippen molar-refractivity contribution in [2.45, 2.75) is 26.8 Å². The molecule has 3 N–H and O–H groups in total.